The van der Waals surface area contributed by atoms with Gasteiger partial charge in [0.25, 0.3) is 0 Å². The second kappa shape index (κ2) is 1.71. The number of hydrogen-bond donors (Lipinski definition) is 0. The van der Waals surface area contributed by atoms with Gasteiger partial charge in [-0.25, -0.2) is 0 Å². The molecular formula is CuO2P. The Hall–Kier alpha value is 0.419. The fourth-order valence-corrected chi connectivity index (χ4v) is 0. The number of rotatable bonds is 0. The van der Waals surface area contributed by atoms with Crippen molar-refractivity contribution in [3.8, 4) is 0 Å². The van der Waals surface area contributed by atoms with Crippen LogP contribution >= 0.6 is 6.37 Å². The van der Waals surface area contributed by atoms with E-state index in [4.69, 9.17) is 9.13 Å². The molecule has 0 unspecified atom stereocenters. The summed E-state index contributed by atoms with van der Waals surface area (Å²) in [6.07, 6.45) is -2.56. The Labute approximate surface area is 31.8 Å². The zero-order valence-corrected chi connectivity index (χ0v) is 3.40. The van der Waals surface area contributed by atoms with Gasteiger partial charge in [-0.05, 0) is 0 Å². The minimum absolute atomic E-state index is 2.56. The van der Waals surface area contributed by atoms with Crippen LogP contribution in [0.5, 0.6) is 0 Å². The average Bonchev–Trinajstić information content (AvgIpc) is 0.811. The maximum atomic E-state index is 8.84. The third-order valence-corrected chi connectivity index (χ3v) is 0. The molecule has 0 aliphatic carbocycles. The molecule has 0 N–H and O–H groups in total. The molecule has 0 saturated carbocycles. The van der Waals surface area contributed by atoms with Crippen LogP contribution < -0.4 is 0 Å². The first-order valence-electron chi connectivity index (χ1n) is 0.500. The molecule has 0 aliphatic rings. The van der Waals surface area contributed by atoms with Crippen molar-refractivity contribution in [1.29, 1.82) is 0 Å². The molecule has 28 valence electrons. The van der Waals surface area contributed by atoms with Crippen LogP contribution in [0.3, 0.4) is 0 Å². The molecule has 0 aromatic carbocycles. The quantitative estimate of drug-likeness (QED) is 0.352. The molecule has 0 atom stereocenters. The fraction of sp³-hybridized carbons (Fsp3) is 0. The molecule has 0 radical (unpaired) electrons. The molecule has 4 heteroatoms. The van der Waals surface area contributed by atoms with Gasteiger partial charge in [0.2, 0.25) is 0 Å². The Morgan fingerprint density at radius 3 is 1.50 bits per heavy atom. The van der Waals surface area contributed by atoms with Crippen LogP contribution in [0.1, 0.15) is 0 Å². The normalized spacial score (nSPS) is 6.50. The summed E-state index contributed by atoms with van der Waals surface area (Å²) in [6.45, 7) is 0. The van der Waals surface area contributed by atoms with E-state index in [1.165, 1.54) is 0 Å². The van der Waals surface area contributed by atoms with E-state index in [0.717, 1.165) is 0 Å². The molecule has 4 heavy (non-hydrogen) atoms. The van der Waals surface area contributed by atoms with Gasteiger partial charge in [0, 0.05) is 0 Å². The SMILES string of the molecule is O=[P](=O)[Cu]. The minimum atomic E-state index is -2.56. The van der Waals surface area contributed by atoms with Crippen LogP contribution in [-0.2, 0) is 24.7 Å². The molecule has 0 rings (SSSR count). The molecule has 0 spiro atoms. The van der Waals surface area contributed by atoms with Crippen LogP contribution in [0.2, 0.25) is 0 Å². The van der Waals surface area contributed by atoms with E-state index < -0.39 is 6.37 Å². The third-order valence-electron chi connectivity index (χ3n) is 0. The van der Waals surface area contributed by atoms with Crippen molar-refractivity contribution < 1.29 is 24.7 Å². The standard InChI is InChI=1S/Cu.O2P/c;1-3-2. The molecule has 0 bridgehead atoms. The summed E-state index contributed by atoms with van der Waals surface area (Å²) in [6, 6.07) is 0. The van der Waals surface area contributed by atoms with E-state index in [1.807, 2.05) is 0 Å². The first-order valence-corrected chi connectivity index (χ1v) is 2.76. The predicted molar refractivity (Wildman–Crippen MR) is 8.29 cm³/mol. The van der Waals surface area contributed by atoms with Crippen molar-refractivity contribution in [1.82, 2.24) is 0 Å². The molecule has 0 amide bonds. The molecule has 0 saturated heterocycles. The second-order valence-corrected chi connectivity index (χ2v) is 1.59. The van der Waals surface area contributed by atoms with Crippen molar-refractivity contribution in [2.24, 2.45) is 0 Å². The number of hydrogen-bond acceptors (Lipinski definition) is 2. The van der Waals surface area contributed by atoms with Gasteiger partial charge >= 0.3 is 31.1 Å². The van der Waals surface area contributed by atoms with E-state index >= 15 is 0 Å². The van der Waals surface area contributed by atoms with Crippen LogP contribution in [0.15, 0.2) is 0 Å². The first kappa shape index (κ1) is 4.42. The Balaban J connectivity index is 3.51. The van der Waals surface area contributed by atoms with Gasteiger partial charge in [-0.1, -0.05) is 0 Å². The molecular weight excluding hydrogens is 127 g/mol. The van der Waals surface area contributed by atoms with E-state index in [0.29, 0.717) is 0 Å². The van der Waals surface area contributed by atoms with Gasteiger partial charge in [-0.15, -0.1) is 0 Å². The molecule has 0 aromatic rings. The Morgan fingerprint density at radius 1 is 1.50 bits per heavy atom. The maximum absolute atomic E-state index is 8.84. The molecule has 0 aromatic heterocycles. The van der Waals surface area contributed by atoms with E-state index in [1.54, 1.807) is 0 Å². The zero-order valence-electron chi connectivity index (χ0n) is 1.57. The van der Waals surface area contributed by atoms with Crippen molar-refractivity contribution in [2.75, 3.05) is 0 Å². The average molecular weight is 127 g/mol. The Morgan fingerprint density at radius 2 is 1.50 bits per heavy atom. The third kappa shape index (κ3) is 27.7. The van der Waals surface area contributed by atoms with Crippen molar-refractivity contribution >= 4 is 6.37 Å². The second-order valence-electron chi connectivity index (χ2n) is 0.185. The van der Waals surface area contributed by atoms with Gasteiger partial charge in [0.15, 0.2) is 0 Å². The Bertz CT molecular complexity index is 54.4. The summed E-state index contributed by atoms with van der Waals surface area (Å²) in [4.78, 5) is 0. The zero-order chi connectivity index (χ0) is 3.58. The first-order chi connectivity index (χ1) is 1.73. The monoisotopic (exact) mass is 126 g/mol. The van der Waals surface area contributed by atoms with Crippen molar-refractivity contribution in [2.45, 2.75) is 0 Å². The summed E-state index contributed by atoms with van der Waals surface area (Å²) >= 11 is 3.70. The van der Waals surface area contributed by atoms with Crippen molar-refractivity contribution in [3.63, 3.8) is 0 Å². The van der Waals surface area contributed by atoms with Crippen LogP contribution in [0.4, 0.5) is 0 Å². The van der Waals surface area contributed by atoms with Crippen molar-refractivity contribution in [3.05, 3.63) is 0 Å². The summed E-state index contributed by atoms with van der Waals surface area (Å²) in [5, 5.41) is 0. The van der Waals surface area contributed by atoms with Gasteiger partial charge in [-0.3, -0.25) is 0 Å². The van der Waals surface area contributed by atoms with Crippen LogP contribution in [0, 0.1) is 0 Å². The van der Waals surface area contributed by atoms with E-state index in [9.17, 15) is 0 Å². The molecule has 0 fully saturated rings. The van der Waals surface area contributed by atoms with Gasteiger partial charge in [-0.2, -0.15) is 0 Å². The predicted octanol–water partition coefficient (Wildman–Crippen LogP) is 0.621. The summed E-state index contributed by atoms with van der Waals surface area (Å²) < 4.78 is 17.7. The van der Waals surface area contributed by atoms with Gasteiger partial charge < -0.3 is 0 Å². The van der Waals surface area contributed by atoms with Crippen LogP contribution in [0.25, 0.3) is 0 Å². The van der Waals surface area contributed by atoms with E-state index in [-0.39, 0.29) is 0 Å². The summed E-state index contributed by atoms with van der Waals surface area (Å²) in [5.41, 5.74) is 0. The molecule has 2 nitrogen and oxygen atoms in total. The molecule has 0 heterocycles. The van der Waals surface area contributed by atoms with Gasteiger partial charge in [0.1, 0.15) is 0 Å². The summed E-state index contributed by atoms with van der Waals surface area (Å²) in [5.74, 6) is 0. The summed E-state index contributed by atoms with van der Waals surface area (Å²) in [7, 11) is 0. The Kier molecular flexibility index (Phi) is 1.89. The fourth-order valence-electron chi connectivity index (χ4n) is 0. The van der Waals surface area contributed by atoms with E-state index in [2.05, 4.69) is 15.6 Å². The molecule has 0 aliphatic heterocycles. The van der Waals surface area contributed by atoms with Crippen LogP contribution in [-0.4, -0.2) is 0 Å². The van der Waals surface area contributed by atoms with Gasteiger partial charge in [0.05, 0.1) is 0 Å². The topological polar surface area (TPSA) is 34.1 Å².